The summed E-state index contributed by atoms with van der Waals surface area (Å²) >= 11 is 0. The highest BCUT2D eigenvalue weighted by Crippen LogP contribution is 2.29. The van der Waals surface area contributed by atoms with Crippen LogP contribution in [0.2, 0.25) is 0 Å². The molecule has 0 aliphatic carbocycles. The topological polar surface area (TPSA) is 108 Å². The summed E-state index contributed by atoms with van der Waals surface area (Å²) in [4.78, 5) is 25.8. The van der Waals surface area contributed by atoms with E-state index in [-0.39, 0.29) is 29.2 Å². The number of fused-ring (bicyclic) bond motifs is 1. The van der Waals surface area contributed by atoms with Crippen LogP contribution >= 0.6 is 0 Å². The van der Waals surface area contributed by atoms with Gasteiger partial charge in [-0.05, 0) is 31.9 Å². The maximum atomic E-state index is 12.2. The molecule has 140 valence electrons. The Hall–Kier alpha value is -2.42. The molecule has 2 aliphatic heterocycles. The molecule has 0 aromatic heterocycles. The van der Waals surface area contributed by atoms with Gasteiger partial charge in [-0.3, -0.25) is 9.59 Å². The second kappa shape index (κ2) is 7.45. The number of nitrogens with one attached hydrogen (secondary N) is 2. The zero-order valence-electron chi connectivity index (χ0n) is 14.6. The summed E-state index contributed by atoms with van der Waals surface area (Å²) in [6.45, 7) is 3.41. The van der Waals surface area contributed by atoms with Gasteiger partial charge in [-0.1, -0.05) is 12.1 Å². The monoisotopic (exact) mass is 378 g/mol. The second-order valence-corrected chi connectivity index (χ2v) is 7.89. The molecule has 0 atom stereocenters. The first-order chi connectivity index (χ1) is 12.4. The van der Waals surface area contributed by atoms with Crippen molar-refractivity contribution in [3.05, 3.63) is 29.8 Å². The third kappa shape index (κ3) is 3.72. The standard InChI is InChI=1S/C17H22N4O4S/c1-2-18-15(22)11-19-17(23)12-7-9-21(10-8-12)16-13-5-3-4-6-14(13)26(24,25)20-16/h3-6,12H,2,7-11H2,1H3,(H,18,22)(H,19,23). The Balaban J connectivity index is 1.60. The van der Waals surface area contributed by atoms with Gasteiger partial charge in [0, 0.05) is 31.1 Å². The van der Waals surface area contributed by atoms with Gasteiger partial charge in [0.25, 0.3) is 10.0 Å². The fraction of sp³-hybridized carbons (Fsp3) is 0.471. The first kappa shape index (κ1) is 18.4. The number of sulfonamides is 1. The van der Waals surface area contributed by atoms with E-state index in [0.29, 0.717) is 43.9 Å². The van der Waals surface area contributed by atoms with Crippen LogP contribution in [0, 0.1) is 5.92 Å². The van der Waals surface area contributed by atoms with Gasteiger partial charge in [-0.2, -0.15) is 8.42 Å². The van der Waals surface area contributed by atoms with Crippen LogP contribution in [0.3, 0.4) is 0 Å². The van der Waals surface area contributed by atoms with Gasteiger partial charge in [-0.15, -0.1) is 4.40 Å². The maximum Gasteiger partial charge on any atom is 0.285 e. The van der Waals surface area contributed by atoms with Crippen molar-refractivity contribution in [1.82, 2.24) is 15.5 Å². The van der Waals surface area contributed by atoms with E-state index in [0.717, 1.165) is 0 Å². The molecule has 1 aromatic rings. The lowest BCUT2D eigenvalue weighted by Crippen LogP contribution is -2.45. The van der Waals surface area contributed by atoms with E-state index >= 15 is 0 Å². The number of nitrogens with zero attached hydrogens (tertiary/aromatic N) is 2. The third-order valence-electron chi connectivity index (χ3n) is 4.57. The van der Waals surface area contributed by atoms with Gasteiger partial charge < -0.3 is 15.5 Å². The number of benzene rings is 1. The van der Waals surface area contributed by atoms with Crippen molar-refractivity contribution < 1.29 is 18.0 Å². The molecule has 1 saturated heterocycles. The number of amides is 2. The van der Waals surface area contributed by atoms with Gasteiger partial charge >= 0.3 is 0 Å². The van der Waals surface area contributed by atoms with Crippen LogP contribution in [0.4, 0.5) is 0 Å². The largest absolute Gasteiger partial charge is 0.355 e. The van der Waals surface area contributed by atoms with Crippen LogP contribution in [0.15, 0.2) is 33.6 Å². The van der Waals surface area contributed by atoms with E-state index in [1.54, 1.807) is 24.3 Å². The number of likely N-dealkylation sites (tertiary alicyclic amines) is 1. The van der Waals surface area contributed by atoms with Crippen molar-refractivity contribution in [2.24, 2.45) is 10.3 Å². The highest BCUT2D eigenvalue weighted by Gasteiger charge is 2.34. The summed E-state index contributed by atoms with van der Waals surface area (Å²) in [6.07, 6.45) is 1.17. The Labute approximate surface area is 152 Å². The molecule has 1 fully saturated rings. The van der Waals surface area contributed by atoms with Gasteiger partial charge in [0.15, 0.2) is 5.84 Å². The maximum absolute atomic E-state index is 12.2. The number of piperidine rings is 1. The summed E-state index contributed by atoms with van der Waals surface area (Å²) < 4.78 is 28.3. The Morgan fingerprint density at radius 1 is 1.19 bits per heavy atom. The van der Waals surface area contributed by atoms with Crippen molar-refractivity contribution in [3.63, 3.8) is 0 Å². The van der Waals surface area contributed by atoms with E-state index in [9.17, 15) is 18.0 Å². The lowest BCUT2D eigenvalue weighted by molar-refractivity contribution is -0.129. The average molecular weight is 378 g/mol. The number of hydrogen-bond acceptors (Lipinski definition) is 5. The van der Waals surface area contributed by atoms with Crippen molar-refractivity contribution in [3.8, 4) is 0 Å². The summed E-state index contributed by atoms with van der Waals surface area (Å²) in [5.74, 6) is -0.0750. The molecule has 8 nitrogen and oxygen atoms in total. The van der Waals surface area contributed by atoms with Crippen LogP contribution in [-0.4, -0.2) is 57.1 Å². The fourth-order valence-corrected chi connectivity index (χ4v) is 4.47. The molecule has 0 radical (unpaired) electrons. The summed E-state index contributed by atoms with van der Waals surface area (Å²) in [5, 5.41) is 5.28. The molecular weight excluding hydrogens is 356 g/mol. The van der Waals surface area contributed by atoms with Crippen LogP contribution in [-0.2, 0) is 19.6 Å². The quantitative estimate of drug-likeness (QED) is 0.773. The van der Waals surface area contributed by atoms with Gasteiger partial charge in [-0.25, -0.2) is 0 Å². The fourth-order valence-electron chi connectivity index (χ4n) is 3.24. The SMILES string of the molecule is CCNC(=O)CNC(=O)C1CCN(C2=NS(=O)(=O)c3ccccc32)CC1. The molecule has 0 unspecified atom stereocenters. The molecule has 0 bridgehead atoms. The highest BCUT2D eigenvalue weighted by molar-refractivity contribution is 7.90. The summed E-state index contributed by atoms with van der Waals surface area (Å²) in [6, 6.07) is 6.78. The summed E-state index contributed by atoms with van der Waals surface area (Å²) in [5.41, 5.74) is 0.617. The minimum absolute atomic E-state index is 0.0226. The predicted molar refractivity (Wildman–Crippen MR) is 96.2 cm³/mol. The molecule has 3 rings (SSSR count). The van der Waals surface area contributed by atoms with Crippen LogP contribution in [0.25, 0.3) is 0 Å². The first-order valence-corrected chi connectivity index (χ1v) is 10.1. The number of amidine groups is 1. The van der Waals surface area contributed by atoms with Gasteiger partial charge in [0.2, 0.25) is 11.8 Å². The predicted octanol–water partition coefficient (Wildman–Crippen LogP) is 0.0998. The van der Waals surface area contributed by atoms with Crippen LogP contribution < -0.4 is 10.6 Å². The number of likely N-dealkylation sites (N-methyl/N-ethyl adjacent to an activating group) is 1. The first-order valence-electron chi connectivity index (χ1n) is 8.66. The van der Waals surface area contributed by atoms with E-state index in [2.05, 4.69) is 15.0 Å². The molecule has 2 heterocycles. The normalized spacial score (nSPS) is 18.8. The zero-order valence-corrected chi connectivity index (χ0v) is 15.4. The lowest BCUT2D eigenvalue weighted by atomic mass is 9.95. The van der Waals surface area contributed by atoms with Crippen molar-refractivity contribution >= 4 is 27.7 Å². The number of rotatable bonds is 4. The number of carbonyl (C=O) groups is 2. The molecular formula is C17H22N4O4S. The number of hydrogen-bond donors (Lipinski definition) is 2. The van der Waals surface area contributed by atoms with E-state index in [4.69, 9.17) is 0 Å². The van der Waals surface area contributed by atoms with E-state index in [1.165, 1.54) is 0 Å². The molecule has 1 aromatic carbocycles. The van der Waals surface area contributed by atoms with Crippen molar-refractivity contribution in [1.29, 1.82) is 0 Å². The third-order valence-corrected chi connectivity index (χ3v) is 5.90. The number of carbonyl (C=O) groups excluding carboxylic acids is 2. The highest BCUT2D eigenvalue weighted by atomic mass is 32.2. The Kier molecular flexibility index (Phi) is 5.26. The van der Waals surface area contributed by atoms with Crippen molar-refractivity contribution in [2.75, 3.05) is 26.2 Å². The molecule has 26 heavy (non-hydrogen) atoms. The van der Waals surface area contributed by atoms with E-state index < -0.39 is 10.0 Å². The van der Waals surface area contributed by atoms with Crippen molar-refractivity contribution in [2.45, 2.75) is 24.7 Å². The Bertz CT molecular complexity index is 842. The molecule has 0 spiro atoms. The molecule has 2 amide bonds. The van der Waals surface area contributed by atoms with E-state index in [1.807, 2.05) is 11.8 Å². The summed E-state index contributed by atoms with van der Waals surface area (Å²) in [7, 11) is -3.64. The Morgan fingerprint density at radius 2 is 1.88 bits per heavy atom. The average Bonchev–Trinajstić information content (AvgIpc) is 2.92. The minimum Gasteiger partial charge on any atom is -0.355 e. The molecule has 2 aliphatic rings. The van der Waals surface area contributed by atoms with Crippen LogP contribution in [0.1, 0.15) is 25.3 Å². The second-order valence-electron chi connectivity index (χ2n) is 6.32. The zero-order chi connectivity index (χ0) is 18.7. The smallest absolute Gasteiger partial charge is 0.285 e. The lowest BCUT2D eigenvalue weighted by Gasteiger charge is -2.32. The minimum atomic E-state index is -3.64. The molecule has 9 heteroatoms. The van der Waals surface area contributed by atoms with Gasteiger partial charge in [0.1, 0.15) is 4.90 Å². The Morgan fingerprint density at radius 3 is 2.58 bits per heavy atom. The molecule has 2 N–H and O–H groups in total. The van der Waals surface area contributed by atoms with Gasteiger partial charge in [0.05, 0.1) is 6.54 Å². The molecule has 0 saturated carbocycles. The van der Waals surface area contributed by atoms with Crippen LogP contribution in [0.5, 0.6) is 0 Å².